The van der Waals surface area contributed by atoms with Crippen molar-refractivity contribution in [1.29, 1.82) is 0 Å². The van der Waals surface area contributed by atoms with Crippen molar-refractivity contribution < 1.29 is 38.5 Å². The van der Waals surface area contributed by atoms with Crippen LogP contribution in [0.4, 0.5) is 0 Å². The van der Waals surface area contributed by atoms with Gasteiger partial charge in [0.15, 0.2) is 0 Å². The van der Waals surface area contributed by atoms with E-state index in [0.29, 0.717) is 0 Å². The average molecular weight is 1550 g/mol. The molecule has 9 heteroatoms. The Kier molecular flexibility index (Phi) is 20.8. The van der Waals surface area contributed by atoms with Crippen molar-refractivity contribution in [2.24, 2.45) is 0 Å². The van der Waals surface area contributed by atoms with Crippen LogP contribution in [-0.4, -0.2) is 17.6 Å². The van der Waals surface area contributed by atoms with Crippen LogP contribution in [0.25, 0.3) is 133 Å². The van der Waals surface area contributed by atoms with Gasteiger partial charge < -0.3 is 17.7 Å². The maximum atomic E-state index is 6.42. The summed E-state index contributed by atoms with van der Waals surface area (Å²) in [5.74, 6) is 7.37. The van der Waals surface area contributed by atoms with Gasteiger partial charge in [0.2, 0.25) is 0 Å². The molecule has 0 fully saturated rings. The molecule has 0 aliphatic rings. The van der Waals surface area contributed by atoms with Gasteiger partial charge in [-0.25, -0.2) is 0 Å². The molecule has 0 saturated heterocycles. The van der Waals surface area contributed by atoms with E-state index in [1.54, 1.807) is 0 Å². The fourth-order valence-electron chi connectivity index (χ4n) is 15.8. The summed E-state index contributed by atoms with van der Waals surface area (Å²) < 4.78 is 25.7. The van der Waals surface area contributed by atoms with E-state index in [1.807, 2.05) is 27.7 Å². The third-order valence-corrected chi connectivity index (χ3v) is 26.7. The number of halogens is 2. The van der Waals surface area contributed by atoms with E-state index < -0.39 is 38.4 Å². The van der Waals surface area contributed by atoms with E-state index >= 15 is 0 Å². The number of furan rings is 4. The van der Waals surface area contributed by atoms with Gasteiger partial charge in [-0.3, -0.25) is 0 Å². The number of aryl methyl sites for hydroxylation is 4. The van der Waals surface area contributed by atoms with E-state index in [-0.39, 0.29) is 21.7 Å². The molecule has 16 rings (SSSR count). The van der Waals surface area contributed by atoms with Crippen molar-refractivity contribution >= 4 is 98.5 Å². The Bertz CT molecular complexity index is 5140. The van der Waals surface area contributed by atoms with Gasteiger partial charge in [-0.15, -0.1) is 112 Å². The third kappa shape index (κ3) is 14.9. The van der Waals surface area contributed by atoms with Crippen molar-refractivity contribution in [3.8, 4) is 89.8 Å². The van der Waals surface area contributed by atoms with Gasteiger partial charge in [-0.2, -0.15) is 0 Å². The second kappa shape index (κ2) is 29.7. The first-order chi connectivity index (χ1) is 51.0. The van der Waals surface area contributed by atoms with Crippen LogP contribution in [0.15, 0.2) is 260 Å². The van der Waals surface area contributed by atoms with Gasteiger partial charge in [-0.1, -0.05) is 286 Å². The summed E-state index contributed by atoms with van der Waals surface area (Å²) in [5.41, 5.74) is 20.4. The summed E-state index contributed by atoms with van der Waals surface area (Å²) in [6.45, 7) is 40.3. The van der Waals surface area contributed by atoms with Gasteiger partial charge in [0.1, 0.15) is 0 Å². The van der Waals surface area contributed by atoms with Crippen LogP contribution in [0.5, 0.6) is 0 Å². The molecule has 540 valence electrons. The number of hydrogen-bond donors (Lipinski definition) is 0. The number of hydrogen-bond acceptors (Lipinski definition) is 4. The first-order valence-electron chi connectivity index (χ1n) is 37.2. The molecular formula is C98H94Cl2O4Si2Zr-4. The van der Waals surface area contributed by atoms with E-state index in [4.69, 9.17) is 34.7 Å². The zero-order chi connectivity index (χ0) is 75.8. The number of rotatable bonds is 12. The SMILES string of the molecule is Cc1ccc(-c2cc3c(-c4ccc(C(C)(C)C)cc4)cccc3[c-]2[Si](C)[c-]2c(-c3ccc(C)o3)cc3c(-c4ccc(C(C)(C)C)cc4)cccc32)o1.Cc1ccc(-c2cc3c(-c4ccc(C(C)(C)C)cc4)cccc3[c-]2[Si](C)[c-]2c(-c3ccc(C)o3)cc3c(-c4ccc(C(C)(C)C)cc4)cccc32)o1.[Cl][Zr][Cl]. The van der Waals surface area contributed by atoms with Crippen LogP contribution in [-0.2, 0) is 42.5 Å². The molecule has 0 amide bonds. The zero-order valence-corrected chi connectivity index (χ0v) is 71.0. The molecule has 4 aromatic heterocycles. The van der Waals surface area contributed by atoms with E-state index in [1.165, 1.54) is 153 Å². The zero-order valence-electron chi connectivity index (χ0n) is 65.0. The summed E-state index contributed by atoms with van der Waals surface area (Å²) >= 11 is -0.826. The predicted octanol–water partition coefficient (Wildman–Crippen LogP) is 26.8. The summed E-state index contributed by atoms with van der Waals surface area (Å²) in [6.07, 6.45) is 0. The molecule has 0 unspecified atom stereocenters. The number of benzene rings is 8. The Morgan fingerprint density at radius 2 is 0.458 bits per heavy atom. The molecular weight excluding hydrogens is 1460 g/mol. The van der Waals surface area contributed by atoms with E-state index in [9.17, 15) is 0 Å². The summed E-state index contributed by atoms with van der Waals surface area (Å²) in [7, 11) is 7.05. The van der Waals surface area contributed by atoms with Crippen LogP contribution < -0.4 is 20.7 Å². The Morgan fingerprint density at radius 1 is 0.271 bits per heavy atom. The van der Waals surface area contributed by atoms with Gasteiger partial charge in [0.25, 0.3) is 0 Å². The molecule has 0 N–H and O–H groups in total. The quantitative estimate of drug-likeness (QED) is 0.0904. The molecule has 4 heterocycles. The van der Waals surface area contributed by atoms with Crippen LogP contribution in [0.3, 0.4) is 0 Å². The summed E-state index contributed by atoms with van der Waals surface area (Å²) in [5, 5.41) is 15.7. The van der Waals surface area contributed by atoms with Crippen LogP contribution in [0.2, 0.25) is 13.1 Å². The van der Waals surface area contributed by atoms with Crippen LogP contribution in [0.1, 0.15) is 128 Å². The van der Waals surface area contributed by atoms with Crippen molar-refractivity contribution in [2.45, 2.75) is 146 Å². The fourth-order valence-corrected chi connectivity index (χ4v) is 21.2. The van der Waals surface area contributed by atoms with Crippen LogP contribution in [0, 0.1) is 27.7 Å². The predicted molar refractivity (Wildman–Crippen MR) is 458 cm³/mol. The van der Waals surface area contributed by atoms with Crippen molar-refractivity contribution in [3.05, 3.63) is 288 Å². The molecule has 0 aliphatic heterocycles. The first-order valence-corrected chi connectivity index (χ1v) is 47.6. The fraction of sp³-hybridized carbons (Fsp3) is 0.224. The Morgan fingerprint density at radius 3 is 0.617 bits per heavy atom. The normalized spacial score (nSPS) is 12.3. The van der Waals surface area contributed by atoms with Crippen molar-refractivity contribution in [1.82, 2.24) is 0 Å². The molecule has 107 heavy (non-hydrogen) atoms. The second-order valence-electron chi connectivity index (χ2n) is 33.1. The Balaban J connectivity index is 0.000000173. The Hall–Kier alpha value is -8.78. The maximum absolute atomic E-state index is 6.42. The monoisotopic (exact) mass is 1550 g/mol. The second-order valence-corrected chi connectivity index (χ2v) is 41.3. The minimum atomic E-state index is -1.41. The summed E-state index contributed by atoms with van der Waals surface area (Å²) in [6, 6.07) is 90.2. The molecule has 0 aliphatic carbocycles. The molecule has 2 radical (unpaired) electrons. The molecule has 12 aromatic carbocycles. The minimum absolute atomic E-state index is 0.101. The van der Waals surface area contributed by atoms with Crippen LogP contribution >= 0.6 is 17.0 Å². The van der Waals surface area contributed by atoms with Gasteiger partial charge in [0.05, 0.1) is 46.1 Å². The van der Waals surface area contributed by atoms with Crippen molar-refractivity contribution in [2.75, 3.05) is 0 Å². The van der Waals surface area contributed by atoms with E-state index in [0.717, 1.165) is 46.1 Å². The molecule has 0 atom stereocenters. The standard InChI is InChI=1S/2C49H47O2Si.2ClH.Zr/c2*1-30-16-26-44(50-30)42-28-40-36(32-18-22-34(23-19-32)48(3,4)5)12-10-14-38(40)46(42)52(9)47-39-15-11-13-37(33-20-24-35(25-21-33)49(6,7)8)41(39)29-43(47)45-27-17-31(2)51-45;;;/h2*10-29H,1-9H3;2*1H;/q2*-2;;;+2/p-2. The third-order valence-electron chi connectivity index (χ3n) is 21.5. The van der Waals surface area contributed by atoms with Gasteiger partial charge in [-0.05, 0) is 142 Å². The molecule has 0 spiro atoms. The summed E-state index contributed by atoms with van der Waals surface area (Å²) in [4.78, 5) is 0. The van der Waals surface area contributed by atoms with Gasteiger partial charge >= 0.3 is 37.9 Å². The molecule has 0 bridgehead atoms. The average Bonchev–Trinajstić information content (AvgIpc) is 1.58. The first kappa shape index (κ1) is 75.0. The molecule has 4 nitrogen and oxygen atoms in total. The Labute approximate surface area is 654 Å². The molecule has 16 aromatic rings. The molecule has 0 saturated carbocycles. The topological polar surface area (TPSA) is 52.6 Å². The van der Waals surface area contributed by atoms with Gasteiger partial charge in [0, 0.05) is 17.6 Å². The van der Waals surface area contributed by atoms with Crippen molar-refractivity contribution in [3.63, 3.8) is 0 Å². The van der Waals surface area contributed by atoms with E-state index in [2.05, 4.69) is 339 Å². The number of fused-ring (bicyclic) bond motifs is 4.